The summed E-state index contributed by atoms with van der Waals surface area (Å²) < 4.78 is 33.2. The Hall–Kier alpha value is -2.43. The molecule has 0 unspecified atom stereocenters. The Bertz CT molecular complexity index is 1060. The van der Waals surface area contributed by atoms with Gasteiger partial charge in [-0.05, 0) is 48.9 Å². The van der Waals surface area contributed by atoms with E-state index in [4.69, 9.17) is 4.74 Å². The third-order valence-electron chi connectivity index (χ3n) is 5.62. The van der Waals surface area contributed by atoms with Gasteiger partial charge < -0.3 is 15.4 Å². The molecule has 4 rings (SSSR count). The van der Waals surface area contributed by atoms with E-state index in [1.54, 1.807) is 17.4 Å². The average Bonchev–Trinajstić information content (AvgIpc) is 3.30. The maximum absolute atomic E-state index is 13.1. The fourth-order valence-electron chi connectivity index (χ4n) is 3.80. The first-order chi connectivity index (χ1) is 14.9. The summed E-state index contributed by atoms with van der Waals surface area (Å²) in [6.07, 6.45) is 0.901. The molecule has 166 valence electrons. The lowest BCUT2D eigenvalue weighted by Crippen LogP contribution is -2.43. The van der Waals surface area contributed by atoms with E-state index in [1.165, 1.54) is 16.4 Å². The number of hydrogen-bond donors (Lipinski definition) is 2. The van der Waals surface area contributed by atoms with E-state index in [0.717, 1.165) is 4.88 Å². The first-order valence-electron chi connectivity index (χ1n) is 10.3. The number of hydrogen-bond acceptors (Lipinski definition) is 6. The number of benzene rings is 1. The molecule has 2 aliphatic rings. The normalized spacial score (nSPS) is 19.9. The molecule has 1 atom stereocenters. The number of thiophene rings is 1. The van der Waals surface area contributed by atoms with Crippen molar-refractivity contribution in [3.63, 3.8) is 0 Å². The third kappa shape index (κ3) is 4.60. The molecule has 3 heterocycles. The Kier molecular flexibility index (Phi) is 6.31. The number of carbonyl (C=O) groups excluding carboxylic acids is 2. The molecule has 1 aromatic heterocycles. The van der Waals surface area contributed by atoms with Crippen LogP contribution >= 0.6 is 11.3 Å². The molecule has 1 fully saturated rings. The minimum atomic E-state index is -3.73. The maximum Gasteiger partial charge on any atom is 0.265 e. The quantitative estimate of drug-likeness (QED) is 0.685. The van der Waals surface area contributed by atoms with Gasteiger partial charge in [0.1, 0.15) is 5.75 Å². The van der Waals surface area contributed by atoms with Crippen molar-refractivity contribution < 1.29 is 22.7 Å². The smallest absolute Gasteiger partial charge is 0.265 e. The topological polar surface area (TPSA) is 105 Å². The number of fused-ring (bicyclic) bond motifs is 1. The molecule has 0 aliphatic carbocycles. The van der Waals surface area contributed by atoms with Gasteiger partial charge >= 0.3 is 0 Å². The minimum absolute atomic E-state index is 0.0374. The van der Waals surface area contributed by atoms with E-state index in [1.807, 2.05) is 24.4 Å². The zero-order valence-electron chi connectivity index (χ0n) is 17.2. The predicted molar refractivity (Wildman–Crippen MR) is 117 cm³/mol. The summed E-state index contributed by atoms with van der Waals surface area (Å²) in [6, 6.07) is 8.42. The molecule has 2 aromatic rings. The lowest BCUT2D eigenvalue weighted by atomic mass is 9.97. The maximum atomic E-state index is 13.1. The Labute approximate surface area is 185 Å². The second-order valence-corrected chi connectivity index (χ2v) is 10.6. The molecule has 1 aromatic carbocycles. The summed E-state index contributed by atoms with van der Waals surface area (Å²) in [5, 5.41) is 7.62. The molecule has 0 spiro atoms. The number of anilines is 1. The Balaban J connectivity index is 1.38. The molecule has 2 aliphatic heterocycles. The van der Waals surface area contributed by atoms with Gasteiger partial charge in [-0.3, -0.25) is 9.59 Å². The molecule has 2 N–H and O–H groups in total. The van der Waals surface area contributed by atoms with Crippen LogP contribution < -0.4 is 15.4 Å². The second-order valence-electron chi connectivity index (χ2n) is 7.64. The van der Waals surface area contributed by atoms with Crippen LogP contribution in [0.3, 0.4) is 0 Å². The van der Waals surface area contributed by atoms with Crippen molar-refractivity contribution in [2.24, 2.45) is 5.92 Å². The highest BCUT2D eigenvalue weighted by Crippen LogP contribution is 2.34. The van der Waals surface area contributed by atoms with Crippen molar-refractivity contribution in [1.29, 1.82) is 0 Å². The number of nitrogens with zero attached hydrogens (tertiary/aromatic N) is 1. The summed E-state index contributed by atoms with van der Waals surface area (Å²) in [5.74, 6) is -0.0522. The predicted octanol–water partition coefficient (Wildman–Crippen LogP) is 2.57. The second kappa shape index (κ2) is 8.97. The molecule has 0 saturated carbocycles. The molecule has 8 nitrogen and oxygen atoms in total. The zero-order chi connectivity index (χ0) is 22.0. The van der Waals surface area contributed by atoms with E-state index < -0.39 is 16.1 Å². The zero-order valence-corrected chi connectivity index (χ0v) is 18.8. The number of sulfonamides is 1. The number of carbonyl (C=O) groups is 2. The van der Waals surface area contributed by atoms with E-state index in [2.05, 4.69) is 10.6 Å². The third-order valence-corrected chi connectivity index (χ3v) is 8.39. The monoisotopic (exact) mass is 463 g/mol. The van der Waals surface area contributed by atoms with Gasteiger partial charge in [-0.25, -0.2) is 8.42 Å². The first kappa shape index (κ1) is 21.8. The molecule has 2 amide bonds. The van der Waals surface area contributed by atoms with Crippen LogP contribution in [0.5, 0.6) is 5.75 Å². The highest BCUT2D eigenvalue weighted by Gasteiger charge is 2.33. The van der Waals surface area contributed by atoms with Crippen molar-refractivity contribution in [1.82, 2.24) is 9.62 Å². The number of rotatable bonds is 6. The van der Waals surface area contributed by atoms with E-state index in [-0.39, 0.29) is 35.7 Å². The van der Waals surface area contributed by atoms with E-state index >= 15 is 0 Å². The van der Waals surface area contributed by atoms with E-state index in [0.29, 0.717) is 37.2 Å². The molecule has 31 heavy (non-hydrogen) atoms. The Morgan fingerprint density at radius 3 is 2.74 bits per heavy atom. The molecule has 1 saturated heterocycles. The van der Waals surface area contributed by atoms with Crippen molar-refractivity contribution >= 4 is 38.9 Å². The summed E-state index contributed by atoms with van der Waals surface area (Å²) in [6.45, 7) is 2.89. The van der Waals surface area contributed by atoms with Crippen LogP contribution in [0.25, 0.3) is 0 Å². The highest BCUT2D eigenvalue weighted by molar-refractivity contribution is 7.89. The van der Waals surface area contributed by atoms with Crippen molar-refractivity contribution in [3.8, 4) is 5.75 Å². The lowest BCUT2D eigenvalue weighted by Gasteiger charge is -2.31. The molecule has 0 bridgehead atoms. The van der Waals surface area contributed by atoms with Crippen LogP contribution in [0, 0.1) is 5.92 Å². The number of nitrogens with one attached hydrogen (secondary N) is 2. The number of ether oxygens (including phenoxy) is 1. The number of piperidine rings is 1. The van der Waals surface area contributed by atoms with Crippen LogP contribution in [0.1, 0.15) is 31.1 Å². The van der Waals surface area contributed by atoms with Crippen molar-refractivity contribution in [3.05, 3.63) is 40.6 Å². The standard InChI is InChI=1S/C21H25N3O5S2/c1-2-18-21(26)23-17-12-16(5-6-19(17)29-18)31(27,28)24-9-7-14(8-10-24)20(25)22-13-15-4-3-11-30-15/h3-6,11-12,14,18H,2,7-10,13H2,1H3,(H,22,25)(H,23,26)/t18-/m1/s1. The SMILES string of the molecule is CC[C@H]1Oc2ccc(S(=O)(=O)N3CCC(C(=O)NCc4cccs4)CC3)cc2NC1=O. The Morgan fingerprint density at radius 1 is 1.29 bits per heavy atom. The lowest BCUT2D eigenvalue weighted by molar-refractivity contribution is -0.126. The van der Waals surface area contributed by atoms with Crippen LogP contribution in [-0.2, 0) is 26.2 Å². The molecule has 10 heteroatoms. The summed E-state index contributed by atoms with van der Waals surface area (Å²) in [4.78, 5) is 25.7. The van der Waals surface area contributed by atoms with Crippen LogP contribution in [0.4, 0.5) is 5.69 Å². The van der Waals surface area contributed by atoms with Gasteiger partial charge in [0.2, 0.25) is 15.9 Å². The molecular formula is C21H25N3O5S2. The van der Waals surface area contributed by atoms with Crippen LogP contribution in [-0.4, -0.2) is 43.7 Å². The van der Waals surface area contributed by atoms with Gasteiger partial charge in [-0.15, -0.1) is 11.3 Å². The summed E-state index contributed by atoms with van der Waals surface area (Å²) in [5.41, 5.74) is 0.360. The van der Waals surface area contributed by atoms with Gasteiger partial charge in [0.15, 0.2) is 6.10 Å². The fraction of sp³-hybridized carbons (Fsp3) is 0.429. The van der Waals surface area contributed by atoms with Gasteiger partial charge in [0.05, 0.1) is 17.1 Å². The van der Waals surface area contributed by atoms with Gasteiger partial charge in [0, 0.05) is 23.9 Å². The Morgan fingerprint density at radius 2 is 2.06 bits per heavy atom. The summed E-state index contributed by atoms with van der Waals surface area (Å²) >= 11 is 1.59. The van der Waals surface area contributed by atoms with Gasteiger partial charge in [-0.1, -0.05) is 13.0 Å². The first-order valence-corrected chi connectivity index (χ1v) is 12.6. The number of amides is 2. The minimum Gasteiger partial charge on any atom is -0.478 e. The van der Waals surface area contributed by atoms with Crippen molar-refractivity contribution in [2.45, 2.75) is 43.7 Å². The van der Waals surface area contributed by atoms with Crippen LogP contribution in [0.15, 0.2) is 40.6 Å². The van der Waals surface area contributed by atoms with Gasteiger partial charge in [-0.2, -0.15) is 4.31 Å². The van der Waals surface area contributed by atoms with Crippen LogP contribution in [0.2, 0.25) is 0 Å². The average molecular weight is 464 g/mol. The highest BCUT2D eigenvalue weighted by atomic mass is 32.2. The largest absolute Gasteiger partial charge is 0.478 e. The van der Waals surface area contributed by atoms with Gasteiger partial charge in [0.25, 0.3) is 5.91 Å². The fourth-order valence-corrected chi connectivity index (χ4v) is 5.94. The van der Waals surface area contributed by atoms with Crippen molar-refractivity contribution in [2.75, 3.05) is 18.4 Å². The molecule has 0 radical (unpaired) electrons. The summed E-state index contributed by atoms with van der Waals surface area (Å²) in [7, 11) is -3.73. The molecular weight excluding hydrogens is 438 g/mol. The van der Waals surface area contributed by atoms with E-state index in [9.17, 15) is 18.0 Å².